The fourth-order valence-electron chi connectivity index (χ4n) is 2.76. The van der Waals surface area contributed by atoms with Gasteiger partial charge in [-0.05, 0) is 30.6 Å². The monoisotopic (exact) mass is 270 g/mol. The summed E-state index contributed by atoms with van der Waals surface area (Å²) < 4.78 is 0. The molecule has 1 rings (SSSR count). The van der Waals surface area contributed by atoms with E-state index >= 15 is 0 Å². The van der Waals surface area contributed by atoms with Crippen LogP contribution in [0.15, 0.2) is 0 Å². The van der Waals surface area contributed by atoms with Gasteiger partial charge in [-0.15, -0.1) is 0 Å². The maximum atomic E-state index is 11.8. The quantitative estimate of drug-likeness (QED) is 0.746. The molecule has 2 amide bonds. The largest absolute Gasteiger partial charge is 0.481 e. The molecule has 19 heavy (non-hydrogen) atoms. The van der Waals surface area contributed by atoms with Gasteiger partial charge in [0.1, 0.15) is 0 Å². The highest BCUT2D eigenvalue weighted by molar-refractivity contribution is 5.75. The summed E-state index contributed by atoms with van der Waals surface area (Å²) in [6, 6.07) is -0.170. The average molecular weight is 270 g/mol. The third-order valence-corrected chi connectivity index (χ3v) is 3.88. The summed E-state index contributed by atoms with van der Waals surface area (Å²) in [4.78, 5) is 23.8. The molecule has 110 valence electrons. The van der Waals surface area contributed by atoms with E-state index in [0.717, 1.165) is 6.42 Å². The van der Waals surface area contributed by atoms with Gasteiger partial charge in [0.15, 0.2) is 0 Å². The van der Waals surface area contributed by atoms with E-state index < -0.39 is 5.97 Å². The van der Waals surface area contributed by atoms with Crippen LogP contribution in [0.2, 0.25) is 0 Å². The van der Waals surface area contributed by atoms with Gasteiger partial charge in [-0.25, -0.2) is 4.79 Å². The molecule has 1 fully saturated rings. The minimum Gasteiger partial charge on any atom is -0.481 e. The predicted octanol–water partition coefficient (Wildman–Crippen LogP) is 2.32. The number of carboxylic acid groups (broad SMARTS) is 1. The van der Waals surface area contributed by atoms with Crippen molar-refractivity contribution < 1.29 is 14.7 Å². The van der Waals surface area contributed by atoms with E-state index in [9.17, 15) is 9.59 Å². The van der Waals surface area contributed by atoms with Gasteiger partial charge in [-0.3, -0.25) is 4.79 Å². The van der Waals surface area contributed by atoms with Crippen LogP contribution in [0.25, 0.3) is 0 Å². The van der Waals surface area contributed by atoms with E-state index in [4.69, 9.17) is 5.11 Å². The van der Waals surface area contributed by atoms with E-state index in [1.807, 2.05) is 0 Å². The Kier molecular flexibility index (Phi) is 5.63. The fraction of sp³-hybridized carbons (Fsp3) is 0.857. The van der Waals surface area contributed by atoms with Crippen LogP contribution in [0.3, 0.4) is 0 Å². The Labute approximate surface area is 115 Å². The Bertz CT molecular complexity index is 325. The molecule has 0 aromatic rings. The Morgan fingerprint density at radius 1 is 1.37 bits per heavy atom. The number of rotatable bonds is 7. The van der Waals surface area contributed by atoms with Crippen molar-refractivity contribution in [2.45, 2.75) is 46.0 Å². The van der Waals surface area contributed by atoms with Gasteiger partial charge < -0.3 is 15.3 Å². The minimum absolute atomic E-state index is 0.0128. The third kappa shape index (κ3) is 5.09. The van der Waals surface area contributed by atoms with Crippen LogP contribution in [0.1, 0.15) is 46.0 Å². The fourth-order valence-corrected chi connectivity index (χ4v) is 2.76. The number of hydrogen-bond acceptors (Lipinski definition) is 2. The molecule has 2 N–H and O–H groups in total. The lowest BCUT2D eigenvalue weighted by Gasteiger charge is -2.43. The first-order chi connectivity index (χ1) is 8.84. The Morgan fingerprint density at radius 2 is 2.00 bits per heavy atom. The number of carboxylic acids is 1. The number of aliphatic carboxylic acids is 1. The van der Waals surface area contributed by atoms with Crippen molar-refractivity contribution in [3.05, 3.63) is 0 Å². The summed E-state index contributed by atoms with van der Waals surface area (Å²) in [6.07, 6.45) is 4.75. The second kappa shape index (κ2) is 6.78. The average Bonchev–Trinajstić information content (AvgIpc) is 2.28. The van der Waals surface area contributed by atoms with Crippen molar-refractivity contribution in [1.29, 1.82) is 0 Å². The van der Waals surface area contributed by atoms with Crippen LogP contribution >= 0.6 is 0 Å². The first-order valence-electron chi connectivity index (χ1n) is 7.05. The second-order valence-corrected chi connectivity index (χ2v) is 6.18. The first kappa shape index (κ1) is 15.8. The maximum Gasteiger partial charge on any atom is 0.317 e. The maximum absolute atomic E-state index is 11.8. The van der Waals surface area contributed by atoms with Crippen molar-refractivity contribution in [1.82, 2.24) is 10.2 Å². The Morgan fingerprint density at radius 3 is 2.42 bits per heavy atom. The van der Waals surface area contributed by atoms with Gasteiger partial charge in [0.05, 0.1) is 6.42 Å². The summed E-state index contributed by atoms with van der Waals surface area (Å²) in [7, 11) is 1.63. The smallest absolute Gasteiger partial charge is 0.317 e. The molecule has 0 aromatic heterocycles. The molecule has 5 heteroatoms. The van der Waals surface area contributed by atoms with Gasteiger partial charge in [0, 0.05) is 20.1 Å². The lowest BCUT2D eigenvalue weighted by Crippen LogP contribution is -2.47. The standard InChI is InChI=1S/C14H26N2O3/c1-11(2)9-14(6-4-7-14)10-15-13(19)16(3)8-5-12(17)18/h11H,4-10H2,1-3H3,(H,15,19)(H,17,18). The van der Waals surface area contributed by atoms with Crippen molar-refractivity contribution in [2.24, 2.45) is 11.3 Å². The molecular formula is C14H26N2O3. The molecule has 0 bridgehead atoms. The Balaban J connectivity index is 2.33. The zero-order chi connectivity index (χ0) is 14.5. The van der Waals surface area contributed by atoms with Crippen LogP contribution in [-0.4, -0.2) is 42.1 Å². The van der Waals surface area contributed by atoms with E-state index in [1.165, 1.54) is 24.2 Å². The molecule has 1 saturated carbocycles. The molecule has 0 heterocycles. The van der Waals surface area contributed by atoms with Crippen LogP contribution in [0.5, 0.6) is 0 Å². The van der Waals surface area contributed by atoms with Gasteiger partial charge in [-0.2, -0.15) is 0 Å². The molecule has 0 saturated heterocycles. The van der Waals surface area contributed by atoms with E-state index in [-0.39, 0.29) is 24.4 Å². The summed E-state index contributed by atoms with van der Waals surface area (Å²) in [6.45, 7) is 5.38. The van der Waals surface area contributed by atoms with Crippen molar-refractivity contribution in [3.8, 4) is 0 Å². The summed E-state index contributed by atoms with van der Waals surface area (Å²) in [5.74, 6) is -0.239. The number of carbonyl (C=O) groups excluding carboxylic acids is 1. The zero-order valence-electron chi connectivity index (χ0n) is 12.2. The minimum atomic E-state index is -0.880. The molecule has 1 aliphatic rings. The number of hydrogen-bond donors (Lipinski definition) is 2. The van der Waals surface area contributed by atoms with Crippen molar-refractivity contribution in [2.75, 3.05) is 20.1 Å². The highest BCUT2D eigenvalue weighted by Crippen LogP contribution is 2.45. The molecular weight excluding hydrogens is 244 g/mol. The normalized spacial score (nSPS) is 16.8. The Hall–Kier alpha value is -1.26. The van der Waals surface area contributed by atoms with Gasteiger partial charge in [0.2, 0.25) is 0 Å². The number of urea groups is 1. The molecule has 0 unspecified atom stereocenters. The predicted molar refractivity (Wildman–Crippen MR) is 74.0 cm³/mol. The van der Waals surface area contributed by atoms with E-state index in [2.05, 4.69) is 19.2 Å². The van der Waals surface area contributed by atoms with Crippen molar-refractivity contribution in [3.63, 3.8) is 0 Å². The summed E-state index contributed by atoms with van der Waals surface area (Å²) in [5, 5.41) is 11.5. The highest BCUT2D eigenvalue weighted by atomic mass is 16.4. The van der Waals surface area contributed by atoms with Crippen LogP contribution in [0, 0.1) is 11.3 Å². The second-order valence-electron chi connectivity index (χ2n) is 6.18. The molecule has 5 nitrogen and oxygen atoms in total. The van der Waals surface area contributed by atoms with Gasteiger partial charge in [-0.1, -0.05) is 20.3 Å². The molecule has 0 atom stereocenters. The first-order valence-corrected chi connectivity index (χ1v) is 7.05. The van der Waals surface area contributed by atoms with Gasteiger partial charge >= 0.3 is 12.0 Å². The lowest BCUT2D eigenvalue weighted by atomic mass is 9.64. The summed E-state index contributed by atoms with van der Waals surface area (Å²) in [5.41, 5.74) is 0.275. The molecule has 0 radical (unpaired) electrons. The topological polar surface area (TPSA) is 69.6 Å². The number of nitrogens with zero attached hydrogens (tertiary/aromatic N) is 1. The SMILES string of the molecule is CC(C)CC1(CNC(=O)N(C)CCC(=O)O)CCC1. The van der Waals surface area contributed by atoms with E-state index in [1.54, 1.807) is 7.05 Å². The summed E-state index contributed by atoms with van der Waals surface area (Å²) >= 11 is 0. The molecule has 0 aromatic carbocycles. The van der Waals surface area contributed by atoms with Crippen LogP contribution in [0.4, 0.5) is 4.79 Å². The van der Waals surface area contributed by atoms with Gasteiger partial charge in [0.25, 0.3) is 0 Å². The third-order valence-electron chi connectivity index (χ3n) is 3.88. The lowest BCUT2D eigenvalue weighted by molar-refractivity contribution is -0.137. The number of carbonyl (C=O) groups is 2. The van der Waals surface area contributed by atoms with Crippen molar-refractivity contribution >= 4 is 12.0 Å². The number of nitrogens with one attached hydrogen (secondary N) is 1. The number of amides is 2. The van der Waals surface area contributed by atoms with E-state index in [0.29, 0.717) is 12.5 Å². The van der Waals surface area contributed by atoms with Crippen LogP contribution in [-0.2, 0) is 4.79 Å². The molecule has 1 aliphatic carbocycles. The van der Waals surface area contributed by atoms with Crippen LogP contribution < -0.4 is 5.32 Å². The highest BCUT2D eigenvalue weighted by Gasteiger charge is 2.37. The zero-order valence-corrected chi connectivity index (χ0v) is 12.2. The molecule has 0 aliphatic heterocycles. The molecule has 0 spiro atoms.